The summed E-state index contributed by atoms with van der Waals surface area (Å²) in [4.78, 5) is 17.5. The van der Waals surface area contributed by atoms with Crippen molar-refractivity contribution in [3.63, 3.8) is 0 Å². The first kappa shape index (κ1) is 20.0. The van der Waals surface area contributed by atoms with Gasteiger partial charge in [-0.2, -0.15) is 0 Å². The lowest BCUT2D eigenvalue weighted by molar-refractivity contribution is -0.126. The molecule has 0 bridgehead atoms. The van der Waals surface area contributed by atoms with Gasteiger partial charge < -0.3 is 10.2 Å². The zero-order chi connectivity index (χ0) is 20.1. The Morgan fingerprint density at radius 2 is 1.79 bits per heavy atom. The summed E-state index contributed by atoms with van der Waals surface area (Å²) in [7, 11) is 0. The van der Waals surface area contributed by atoms with Gasteiger partial charge in [-0.15, -0.1) is 0 Å². The third kappa shape index (κ3) is 5.18. The van der Waals surface area contributed by atoms with Crippen LogP contribution in [0.5, 0.6) is 0 Å². The first-order chi connectivity index (χ1) is 14.2. The highest BCUT2D eigenvalue weighted by Crippen LogP contribution is 2.27. The van der Waals surface area contributed by atoms with Crippen LogP contribution >= 0.6 is 0 Å². The van der Waals surface area contributed by atoms with Crippen molar-refractivity contribution >= 4 is 11.6 Å². The summed E-state index contributed by atoms with van der Waals surface area (Å²) in [5.41, 5.74) is 5.49. The van der Waals surface area contributed by atoms with Crippen molar-refractivity contribution in [1.82, 2.24) is 10.2 Å². The fourth-order valence-corrected chi connectivity index (χ4v) is 4.57. The Hall–Kier alpha value is -2.33. The van der Waals surface area contributed by atoms with Gasteiger partial charge >= 0.3 is 0 Å². The number of amides is 1. The molecule has 0 aromatic heterocycles. The second-order valence-corrected chi connectivity index (χ2v) is 8.55. The number of para-hydroxylation sites is 1. The van der Waals surface area contributed by atoms with E-state index in [1.807, 2.05) is 0 Å². The molecule has 29 heavy (non-hydrogen) atoms. The van der Waals surface area contributed by atoms with Gasteiger partial charge in [0.2, 0.25) is 5.91 Å². The van der Waals surface area contributed by atoms with Gasteiger partial charge in [-0.3, -0.25) is 9.69 Å². The van der Waals surface area contributed by atoms with Gasteiger partial charge in [-0.05, 0) is 62.9 Å². The number of benzene rings is 2. The zero-order valence-electron chi connectivity index (χ0n) is 17.6. The second kappa shape index (κ2) is 9.45. The van der Waals surface area contributed by atoms with Crippen LogP contribution in [0.4, 0.5) is 5.69 Å². The highest BCUT2D eigenvalue weighted by molar-refractivity contribution is 5.78. The lowest BCUT2D eigenvalue weighted by Crippen LogP contribution is -2.40. The maximum atomic E-state index is 12.6. The average Bonchev–Trinajstić information content (AvgIpc) is 3.16. The topological polar surface area (TPSA) is 35.6 Å². The molecule has 4 rings (SSSR count). The van der Waals surface area contributed by atoms with Crippen molar-refractivity contribution in [3.05, 3.63) is 65.2 Å². The third-order valence-corrected chi connectivity index (χ3v) is 6.37. The van der Waals surface area contributed by atoms with Gasteiger partial charge in [0.25, 0.3) is 0 Å². The van der Waals surface area contributed by atoms with Crippen LogP contribution in [-0.4, -0.2) is 43.5 Å². The van der Waals surface area contributed by atoms with E-state index in [1.54, 1.807) is 0 Å². The number of carbonyl (C=O) groups is 1. The quantitative estimate of drug-likeness (QED) is 0.730. The van der Waals surface area contributed by atoms with E-state index < -0.39 is 0 Å². The molecule has 1 amide bonds. The molecule has 0 radical (unpaired) electrons. The average molecular weight is 392 g/mol. The SMILES string of the molecule is Cc1ccc(CN2CCC(C(=O)NCCCN3CCc4ccccc43)CC2)cc1. The predicted molar refractivity (Wildman–Crippen MR) is 119 cm³/mol. The maximum Gasteiger partial charge on any atom is 0.223 e. The number of anilines is 1. The van der Waals surface area contributed by atoms with E-state index in [9.17, 15) is 4.79 Å². The molecule has 154 valence electrons. The fourth-order valence-electron chi connectivity index (χ4n) is 4.57. The number of nitrogens with one attached hydrogen (secondary N) is 1. The number of fused-ring (bicyclic) bond motifs is 1. The van der Waals surface area contributed by atoms with Crippen LogP contribution in [0.3, 0.4) is 0 Å². The standard InChI is InChI=1S/C25H33N3O/c1-20-7-9-21(10-8-20)19-27-16-11-23(12-17-27)25(29)26-14-4-15-28-18-13-22-5-2-3-6-24(22)28/h2-3,5-10,23H,4,11-19H2,1H3,(H,26,29). The minimum atomic E-state index is 0.178. The highest BCUT2D eigenvalue weighted by atomic mass is 16.1. The van der Waals surface area contributed by atoms with Crippen LogP contribution in [0.15, 0.2) is 48.5 Å². The number of piperidine rings is 1. The summed E-state index contributed by atoms with van der Waals surface area (Å²) in [5.74, 6) is 0.429. The van der Waals surface area contributed by atoms with Gasteiger partial charge in [-0.1, -0.05) is 48.0 Å². The van der Waals surface area contributed by atoms with Crippen molar-refractivity contribution in [1.29, 1.82) is 0 Å². The van der Waals surface area contributed by atoms with Crippen molar-refractivity contribution in [2.75, 3.05) is 37.6 Å². The summed E-state index contributed by atoms with van der Waals surface area (Å²) in [6.07, 6.45) is 4.09. The summed E-state index contributed by atoms with van der Waals surface area (Å²) < 4.78 is 0. The van der Waals surface area contributed by atoms with Crippen molar-refractivity contribution in [2.45, 2.75) is 39.2 Å². The minimum absolute atomic E-state index is 0.178. The molecule has 2 aliphatic rings. The zero-order valence-corrected chi connectivity index (χ0v) is 17.6. The van der Waals surface area contributed by atoms with E-state index >= 15 is 0 Å². The Morgan fingerprint density at radius 3 is 2.59 bits per heavy atom. The lowest BCUT2D eigenvalue weighted by atomic mass is 9.95. The van der Waals surface area contributed by atoms with E-state index in [2.05, 4.69) is 70.6 Å². The van der Waals surface area contributed by atoms with E-state index in [0.29, 0.717) is 0 Å². The largest absolute Gasteiger partial charge is 0.371 e. The summed E-state index contributed by atoms with van der Waals surface area (Å²) in [6.45, 7) is 8.04. The fraction of sp³-hybridized carbons (Fsp3) is 0.480. The predicted octanol–water partition coefficient (Wildman–Crippen LogP) is 3.78. The summed E-state index contributed by atoms with van der Waals surface area (Å²) in [5, 5.41) is 3.19. The van der Waals surface area contributed by atoms with E-state index in [1.165, 1.54) is 22.4 Å². The first-order valence-corrected chi connectivity index (χ1v) is 11.1. The van der Waals surface area contributed by atoms with Gasteiger partial charge in [-0.25, -0.2) is 0 Å². The van der Waals surface area contributed by atoms with Gasteiger partial charge in [0.05, 0.1) is 0 Å². The number of hydrogen-bond acceptors (Lipinski definition) is 3. The number of nitrogens with zero attached hydrogens (tertiary/aromatic N) is 2. The van der Waals surface area contributed by atoms with Crippen LogP contribution in [-0.2, 0) is 17.8 Å². The molecule has 2 aromatic rings. The van der Waals surface area contributed by atoms with Crippen LogP contribution in [0.25, 0.3) is 0 Å². The van der Waals surface area contributed by atoms with E-state index in [4.69, 9.17) is 0 Å². The molecule has 2 aromatic carbocycles. The van der Waals surface area contributed by atoms with Gasteiger partial charge in [0, 0.05) is 37.8 Å². The Bertz CT molecular complexity index is 809. The molecule has 0 unspecified atom stereocenters. The van der Waals surface area contributed by atoms with E-state index in [0.717, 1.165) is 65.0 Å². The molecular formula is C25H33N3O. The normalized spacial score (nSPS) is 17.3. The summed E-state index contributed by atoms with van der Waals surface area (Å²) >= 11 is 0. The molecule has 4 heteroatoms. The molecule has 0 aliphatic carbocycles. The summed E-state index contributed by atoms with van der Waals surface area (Å²) in [6, 6.07) is 17.5. The third-order valence-electron chi connectivity index (χ3n) is 6.37. The Morgan fingerprint density at radius 1 is 1.03 bits per heavy atom. The molecule has 1 fully saturated rings. The van der Waals surface area contributed by atoms with Gasteiger partial charge in [0.1, 0.15) is 0 Å². The Kier molecular flexibility index (Phi) is 6.50. The maximum absolute atomic E-state index is 12.6. The Labute approximate surface area is 174 Å². The number of carbonyl (C=O) groups excluding carboxylic acids is 1. The molecule has 2 heterocycles. The molecule has 1 saturated heterocycles. The van der Waals surface area contributed by atoms with Crippen LogP contribution in [0.1, 0.15) is 36.0 Å². The molecular weight excluding hydrogens is 358 g/mol. The van der Waals surface area contributed by atoms with Crippen molar-refractivity contribution in [3.8, 4) is 0 Å². The minimum Gasteiger partial charge on any atom is -0.371 e. The molecule has 0 atom stereocenters. The number of rotatable bonds is 7. The van der Waals surface area contributed by atoms with E-state index in [-0.39, 0.29) is 11.8 Å². The number of aryl methyl sites for hydroxylation is 1. The first-order valence-electron chi connectivity index (χ1n) is 11.1. The molecule has 2 aliphatic heterocycles. The second-order valence-electron chi connectivity index (χ2n) is 8.55. The van der Waals surface area contributed by atoms with Crippen LogP contribution in [0, 0.1) is 12.8 Å². The molecule has 1 N–H and O–H groups in total. The molecule has 0 saturated carbocycles. The lowest BCUT2D eigenvalue weighted by Gasteiger charge is -2.31. The smallest absolute Gasteiger partial charge is 0.223 e. The number of likely N-dealkylation sites (tertiary alicyclic amines) is 1. The monoisotopic (exact) mass is 391 g/mol. The molecule has 0 spiro atoms. The van der Waals surface area contributed by atoms with Crippen LogP contribution in [0.2, 0.25) is 0 Å². The molecule has 4 nitrogen and oxygen atoms in total. The van der Waals surface area contributed by atoms with Crippen molar-refractivity contribution < 1.29 is 4.79 Å². The van der Waals surface area contributed by atoms with Crippen LogP contribution < -0.4 is 10.2 Å². The highest BCUT2D eigenvalue weighted by Gasteiger charge is 2.25. The van der Waals surface area contributed by atoms with Gasteiger partial charge in [0.15, 0.2) is 0 Å². The van der Waals surface area contributed by atoms with Crippen molar-refractivity contribution in [2.24, 2.45) is 5.92 Å². The Balaban J connectivity index is 1.14. The number of hydrogen-bond donors (Lipinski definition) is 1.